The molecule has 39 heavy (non-hydrogen) atoms. The van der Waals surface area contributed by atoms with E-state index in [4.69, 9.17) is 5.73 Å². The fourth-order valence-electron chi connectivity index (χ4n) is 5.06. The molecule has 1 aromatic carbocycles. The van der Waals surface area contributed by atoms with E-state index in [0.29, 0.717) is 30.0 Å². The molecule has 0 amide bonds. The van der Waals surface area contributed by atoms with Crippen LogP contribution in [0.5, 0.6) is 0 Å². The van der Waals surface area contributed by atoms with Gasteiger partial charge in [-0.15, -0.1) is 0 Å². The second-order valence-corrected chi connectivity index (χ2v) is 10.5. The second-order valence-electron chi connectivity index (χ2n) is 10.5. The SMILES string of the molecule is CCN(C)Cc1c(N)ncnc1N1CCC(c2cc(-c3ccc(F)c(C(F)(F)F)c3)cn2CCN(C)C)CC1. The number of anilines is 2. The molecular weight excluding hydrogens is 510 g/mol. The van der Waals surface area contributed by atoms with Gasteiger partial charge in [0.15, 0.2) is 0 Å². The van der Waals surface area contributed by atoms with E-state index in [-0.39, 0.29) is 5.92 Å². The largest absolute Gasteiger partial charge is 0.419 e. The van der Waals surface area contributed by atoms with E-state index < -0.39 is 17.6 Å². The number of rotatable bonds is 9. The molecule has 1 aliphatic rings. The van der Waals surface area contributed by atoms with Gasteiger partial charge in [0.25, 0.3) is 0 Å². The van der Waals surface area contributed by atoms with Gasteiger partial charge in [0.1, 0.15) is 23.8 Å². The Morgan fingerprint density at radius 3 is 2.41 bits per heavy atom. The number of nitrogens with two attached hydrogens (primary N) is 1. The molecule has 0 unspecified atom stereocenters. The van der Waals surface area contributed by atoms with Crippen molar-refractivity contribution in [2.75, 3.05) is 58.0 Å². The van der Waals surface area contributed by atoms with Crippen LogP contribution in [0.4, 0.5) is 29.2 Å². The molecule has 3 heterocycles. The first-order chi connectivity index (χ1) is 18.5. The summed E-state index contributed by atoms with van der Waals surface area (Å²) in [6.07, 6.45) is 0.356. The Kier molecular flexibility index (Phi) is 8.80. The van der Waals surface area contributed by atoms with Crippen LogP contribution in [-0.2, 0) is 19.3 Å². The molecule has 4 rings (SSSR count). The number of benzene rings is 1. The Bertz CT molecular complexity index is 1260. The van der Waals surface area contributed by atoms with Crippen molar-refractivity contribution >= 4 is 11.6 Å². The highest BCUT2D eigenvalue weighted by Gasteiger charge is 2.34. The third kappa shape index (κ3) is 6.70. The summed E-state index contributed by atoms with van der Waals surface area (Å²) in [5, 5.41) is 0. The fraction of sp³-hybridized carbons (Fsp3) is 0.500. The number of hydrogen-bond acceptors (Lipinski definition) is 6. The van der Waals surface area contributed by atoms with E-state index in [1.54, 1.807) is 0 Å². The summed E-state index contributed by atoms with van der Waals surface area (Å²) in [5.41, 5.74) is 8.00. The smallest absolute Gasteiger partial charge is 0.383 e. The molecule has 0 atom stereocenters. The Labute approximate surface area is 227 Å². The maximum atomic E-state index is 13.9. The van der Waals surface area contributed by atoms with E-state index in [9.17, 15) is 17.6 Å². The molecule has 0 radical (unpaired) electrons. The van der Waals surface area contributed by atoms with Crippen molar-refractivity contribution in [2.24, 2.45) is 0 Å². The molecule has 0 spiro atoms. The van der Waals surface area contributed by atoms with Gasteiger partial charge in [-0.25, -0.2) is 14.4 Å². The molecule has 0 saturated carbocycles. The Morgan fingerprint density at radius 2 is 1.77 bits per heavy atom. The zero-order valence-corrected chi connectivity index (χ0v) is 23.0. The summed E-state index contributed by atoms with van der Waals surface area (Å²) in [5.74, 6) is 0.305. The highest BCUT2D eigenvalue weighted by atomic mass is 19.4. The van der Waals surface area contributed by atoms with E-state index in [2.05, 4.69) is 36.2 Å². The molecule has 0 bridgehead atoms. The molecule has 0 aliphatic carbocycles. The van der Waals surface area contributed by atoms with Crippen LogP contribution >= 0.6 is 0 Å². The van der Waals surface area contributed by atoms with E-state index >= 15 is 0 Å². The Balaban J connectivity index is 1.59. The van der Waals surface area contributed by atoms with Crippen LogP contribution in [0.25, 0.3) is 11.1 Å². The van der Waals surface area contributed by atoms with E-state index in [1.807, 2.05) is 33.4 Å². The fourth-order valence-corrected chi connectivity index (χ4v) is 5.06. The van der Waals surface area contributed by atoms with E-state index in [0.717, 1.165) is 68.2 Å². The van der Waals surface area contributed by atoms with Crippen molar-refractivity contribution in [2.45, 2.75) is 44.9 Å². The predicted molar refractivity (Wildman–Crippen MR) is 146 cm³/mol. The molecule has 212 valence electrons. The number of hydrogen-bond donors (Lipinski definition) is 1. The normalized spacial score (nSPS) is 15.1. The van der Waals surface area contributed by atoms with Crippen LogP contribution < -0.4 is 10.6 Å². The van der Waals surface area contributed by atoms with Crippen LogP contribution in [0, 0.1) is 5.82 Å². The highest BCUT2D eigenvalue weighted by Crippen LogP contribution is 2.38. The number of likely N-dealkylation sites (N-methyl/N-ethyl adjacent to an activating group) is 1. The monoisotopic (exact) mass is 547 g/mol. The molecule has 2 aromatic heterocycles. The number of aromatic nitrogens is 3. The van der Waals surface area contributed by atoms with Gasteiger partial charge in [-0.1, -0.05) is 13.0 Å². The number of alkyl halides is 3. The van der Waals surface area contributed by atoms with E-state index in [1.165, 1.54) is 12.4 Å². The van der Waals surface area contributed by atoms with Gasteiger partial charge < -0.3 is 25.0 Å². The summed E-state index contributed by atoms with van der Waals surface area (Å²) in [4.78, 5) is 15.2. The van der Waals surface area contributed by atoms with Crippen molar-refractivity contribution in [3.63, 3.8) is 0 Å². The lowest BCUT2D eigenvalue weighted by Crippen LogP contribution is -2.35. The lowest BCUT2D eigenvalue weighted by Gasteiger charge is -2.35. The van der Waals surface area contributed by atoms with Gasteiger partial charge in [-0.3, -0.25) is 0 Å². The minimum atomic E-state index is -4.75. The standard InChI is InChI=1S/C28H37F4N7/c1-5-37(4)17-22-26(33)34-18-35-27(22)38-10-8-19(9-11-38)25-15-21(16-39(25)13-12-36(2)3)20-6-7-24(29)23(14-20)28(30,31)32/h6-7,14-16,18-19H,5,8-13,17H2,1-4H3,(H2,33,34,35). The molecule has 1 fully saturated rings. The molecule has 1 saturated heterocycles. The predicted octanol–water partition coefficient (Wildman–Crippen LogP) is 5.08. The lowest BCUT2D eigenvalue weighted by molar-refractivity contribution is -0.139. The third-order valence-electron chi connectivity index (χ3n) is 7.46. The van der Waals surface area contributed by atoms with Crippen molar-refractivity contribution in [3.05, 3.63) is 59.4 Å². The quantitative estimate of drug-likeness (QED) is 0.377. The Hall–Kier alpha value is -3.18. The van der Waals surface area contributed by atoms with Crippen molar-refractivity contribution in [3.8, 4) is 11.1 Å². The van der Waals surface area contributed by atoms with Crippen LogP contribution in [0.3, 0.4) is 0 Å². The summed E-state index contributed by atoms with van der Waals surface area (Å²) in [7, 11) is 6.00. The van der Waals surface area contributed by atoms with Crippen LogP contribution in [0.2, 0.25) is 0 Å². The minimum absolute atomic E-state index is 0.223. The average molecular weight is 548 g/mol. The van der Waals surface area contributed by atoms with Gasteiger partial charge in [0.05, 0.1) is 11.1 Å². The van der Waals surface area contributed by atoms with Crippen molar-refractivity contribution in [1.82, 2.24) is 24.3 Å². The van der Waals surface area contributed by atoms with Crippen LogP contribution in [0.1, 0.15) is 42.5 Å². The first-order valence-electron chi connectivity index (χ1n) is 13.2. The molecule has 7 nitrogen and oxygen atoms in total. The number of nitrogens with zero attached hydrogens (tertiary/aromatic N) is 6. The second kappa shape index (κ2) is 11.9. The molecule has 3 aromatic rings. The van der Waals surface area contributed by atoms with Gasteiger partial charge in [-0.2, -0.15) is 13.2 Å². The van der Waals surface area contributed by atoms with Crippen LogP contribution in [0.15, 0.2) is 36.8 Å². The zero-order chi connectivity index (χ0) is 28.3. The van der Waals surface area contributed by atoms with Crippen LogP contribution in [-0.4, -0.2) is 71.7 Å². The lowest BCUT2D eigenvalue weighted by atomic mass is 9.92. The zero-order valence-electron chi connectivity index (χ0n) is 23.0. The molecule has 2 N–H and O–H groups in total. The van der Waals surface area contributed by atoms with Gasteiger partial charge in [0.2, 0.25) is 0 Å². The van der Waals surface area contributed by atoms with Gasteiger partial charge >= 0.3 is 6.18 Å². The summed E-state index contributed by atoms with van der Waals surface area (Å²) < 4.78 is 56.2. The average Bonchev–Trinajstić information content (AvgIpc) is 3.32. The summed E-state index contributed by atoms with van der Waals surface area (Å²) >= 11 is 0. The van der Waals surface area contributed by atoms with Crippen molar-refractivity contribution in [1.29, 1.82) is 0 Å². The van der Waals surface area contributed by atoms with Gasteiger partial charge in [0, 0.05) is 50.5 Å². The first kappa shape index (κ1) is 28.8. The van der Waals surface area contributed by atoms with Crippen molar-refractivity contribution < 1.29 is 17.6 Å². The van der Waals surface area contributed by atoms with Gasteiger partial charge in [-0.05, 0) is 69.9 Å². The maximum Gasteiger partial charge on any atom is 0.419 e. The first-order valence-corrected chi connectivity index (χ1v) is 13.2. The highest BCUT2D eigenvalue weighted by molar-refractivity contribution is 5.65. The molecule has 11 heteroatoms. The summed E-state index contributed by atoms with van der Waals surface area (Å²) in [6.45, 7) is 6.64. The molecule has 1 aliphatic heterocycles. The maximum absolute atomic E-state index is 13.9. The number of piperidine rings is 1. The molecular formula is C28H37F4N7. The minimum Gasteiger partial charge on any atom is -0.383 e. The summed E-state index contributed by atoms with van der Waals surface area (Å²) in [6, 6.07) is 5.18. The number of halogens is 4. The third-order valence-corrected chi connectivity index (χ3v) is 7.46. The Morgan fingerprint density at radius 1 is 1.05 bits per heavy atom. The topological polar surface area (TPSA) is 66.5 Å². The number of nitrogen functional groups attached to an aromatic ring is 1.